The number of rotatable bonds is 4. The van der Waals surface area contributed by atoms with Crippen molar-refractivity contribution in [3.63, 3.8) is 0 Å². The van der Waals surface area contributed by atoms with Crippen LogP contribution in [0.3, 0.4) is 0 Å². The van der Waals surface area contributed by atoms with Gasteiger partial charge in [0.15, 0.2) is 17.7 Å². The molecule has 5 N–H and O–H groups in total. The van der Waals surface area contributed by atoms with E-state index < -0.39 is 31.1 Å². The summed E-state index contributed by atoms with van der Waals surface area (Å²) >= 11 is 0. The molecule has 3 aromatic rings. The van der Waals surface area contributed by atoms with E-state index in [4.69, 9.17) is 15.2 Å². The number of aliphatic hydroxyl groups excluding tert-OH is 3. The maximum Gasteiger partial charge on any atom is 0.209 e. The molecule has 0 spiro atoms. The van der Waals surface area contributed by atoms with E-state index in [1.165, 1.54) is 10.9 Å². The molecule has 2 aromatic heterocycles. The zero-order valence-electron chi connectivity index (χ0n) is 15.2. The largest absolute Gasteiger partial charge is 0.481 e. The van der Waals surface area contributed by atoms with Gasteiger partial charge in [0.25, 0.3) is 0 Å². The molecule has 0 aliphatic carbocycles. The third kappa shape index (κ3) is 3.72. The predicted octanol–water partition coefficient (Wildman–Crippen LogP) is -0.550. The van der Waals surface area contributed by atoms with Gasteiger partial charge in [0.1, 0.15) is 36.2 Å². The predicted molar refractivity (Wildman–Crippen MR) is 102 cm³/mol. The maximum atomic E-state index is 10.3. The Balaban J connectivity index is 1.58. The lowest BCUT2D eigenvalue weighted by Crippen LogP contribution is -2.33. The summed E-state index contributed by atoms with van der Waals surface area (Å²) in [6.45, 7) is -0.296. The van der Waals surface area contributed by atoms with Crippen LogP contribution in [0.15, 0.2) is 36.7 Å². The minimum Gasteiger partial charge on any atom is -0.481 e. The number of benzene rings is 1. The van der Waals surface area contributed by atoms with Crippen molar-refractivity contribution in [2.45, 2.75) is 24.5 Å². The zero-order valence-corrected chi connectivity index (χ0v) is 15.2. The second kappa shape index (κ2) is 8.02. The zero-order chi connectivity index (χ0) is 20.4. The van der Waals surface area contributed by atoms with E-state index in [1.54, 1.807) is 0 Å². The van der Waals surface area contributed by atoms with E-state index in [9.17, 15) is 15.3 Å². The number of ether oxygens (including phenoxy) is 2. The number of nitrogens with two attached hydrogens (primary N) is 1. The van der Waals surface area contributed by atoms with E-state index in [2.05, 4.69) is 26.8 Å². The van der Waals surface area contributed by atoms with Crippen molar-refractivity contribution in [3.8, 4) is 17.6 Å². The van der Waals surface area contributed by atoms with Crippen molar-refractivity contribution < 1.29 is 24.8 Å². The van der Waals surface area contributed by atoms with Crippen LogP contribution in [-0.4, -0.2) is 66.4 Å². The molecule has 0 saturated carbocycles. The van der Waals surface area contributed by atoms with Gasteiger partial charge in [-0.3, -0.25) is 4.57 Å². The van der Waals surface area contributed by atoms with Gasteiger partial charge in [-0.25, -0.2) is 15.0 Å². The van der Waals surface area contributed by atoms with E-state index >= 15 is 0 Å². The van der Waals surface area contributed by atoms with Crippen molar-refractivity contribution in [1.29, 1.82) is 0 Å². The maximum absolute atomic E-state index is 10.3. The molecule has 1 aliphatic heterocycles. The average molecular weight is 397 g/mol. The highest BCUT2D eigenvalue weighted by Gasteiger charge is 2.44. The summed E-state index contributed by atoms with van der Waals surface area (Å²) in [7, 11) is 0. The monoisotopic (exact) mass is 397 g/mol. The summed E-state index contributed by atoms with van der Waals surface area (Å²) in [5, 5.41) is 29.5. The molecule has 10 heteroatoms. The van der Waals surface area contributed by atoms with Crippen LogP contribution in [-0.2, 0) is 4.74 Å². The Morgan fingerprint density at radius 2 is 1.97 bits per heavy atom. The molecule has 29 heavy (non-hydrogen) atoms. The lowest BCUT2D eigenvalue weighted by atomic mass is 10.1. The van der Waals surface area contributed by atoms with Gasteiger partial charge in [0, 0.05) is 0 Å². The number of hydrogen-bond acceptors (Lipinski definition) is 9. The number of fused-ring (bicyclic) bond motifs is 1. The molecule has 150 valence electrons. The van der Waals surface area contributed by atoms with Gasteiger partial charge in [-0.2, -0.15) is 0 Å². The normalized spacial score (nSPS) is 23.7. The SMILES string of the molecule is Nc1nc(C#CCOc2ccccc2)nc2c1ncn2[C@@H]1O[C@H](CO)[C@@H](O)[C@H]1O. The summed E-state index contributed by atoms with van der Waals surface area (Å²) < 4.78 is 12.5. The molecular weight excluding hydrogens is 378 g/mol. The first-order valence-electron chi connectivity index (χ1n) is 8.87. The summed E-state index contributed by atoms with van der Waals surface area (Å²) in [5.41, 5.74) is 6.57. The van der Waals surface area contributed by atoms with Gasteiger partial charge in [-0.15, -0.1) is 0 Å². The molecule has 0 unspecified atom stereocenters. The number of nitrogens with zero attached hydrogens (tertiary/aromatic N) is 4. The molecule has 1 fully saturated rings. The molecule has 1 aliphatic rings. The smallest absolute Gasteiger partial charge is 0.209 e. The number of anilines is 1. The molecule has 0 radical (unpaired) electrons. The highest BCUT2D eigenvalue weighted by atomic mass is 16.6. The summed E-state index contributed by atoms with van der Waals surface area (Å²) in [6, 6.07) is 9.25. The second-order valence-electron chi connectivity index (χ2n) is 6.39. The molecule has 1 aromatic carbocycles. The van der Waals surface area contributed by atoms with Gasteiger partial charge >= 0.3 is 0 Å². The fourth-order valence-corrected chi connectivity index (χ4v) is 3.04. The van der Waals surface area contributed by atoms with Crippen LogP contribution >= 0.6 is 0 Å². The van der Waals surface area contributed by atoms with E-state index in [0.717, 1.165) is 0 Å². The van der Waals surface area contributed by atoms with Crippen LogP contribution in [0.4, 0.5) is 5.82 Å². The topological polar surface area (TPSA) is 149 Å². The molecule has 0 amide bonds. The Hall–Kier alpha value is -3.23. The minimum atomic E-state index is -1.27. The van der Waals surface area contributed by atoms with Crippen molar-refractivity contribution in [2.75, 3.05) is 18.9 Å². The van der Waals surface area contributed by atoms with E-state index in [-0.39, 0.29) is 18.2 Å². The highest BCUT2D eigenvalue weighted by Crippen LogP contribution is 2.31. The van der Waals surface area contributed by atoms with Crippen LogP contribution in [0, 0.1) is 11.8 Å². The number of imidazole rings is 1. The Bertz CT molecular complexity index is 1060. The van der Waals surface area contributed by atoms with Crippen molar-refractivity contribution in [3.05, 3.63) is 42.5 Å². The van der Waals surface area contributed by atoms with Crippen molar-refractivity contribution in [1.82, 2.24) is 19.5 Å². The van der Waals surface area contributed by atoms with Gasteiger partial charge in [-0.05, 0) is 18.1 Å². The van der Waals surface area contributed by atoms with Crippen LogP contribution < -0.4 is 10.5 Å². The molecule has 4 rings (SSSR count). The molecule has 0 bridgehead atoms. The lowest BCUT2D eigenvalue weighted by Gasteiger charge is -2.16. The van der Waals surface area contributed by atoms with Crippen LogP contribution in [0.1, 0.15) is 12.1 Å². The van der Waals surface area contributed by atoms with Crippen LogP contribution in [0.25, 0.3) is 11.2 Å². The van der Waals surface area contributed by atoms with Crippen LogP contribution in [0.2, 0.25) is 0 Å². The van der Waals surface area contributed by atoms with Crippen LogP contribution in [0.5, 0.6) is 5.75 Å². The van der Waals surface area contributed by atoms with Gasteiger partial charge in [-0.1, -0.05) is 24.1 Å². The third-order valence-corrected chi connectivity index (χ3v) is 4.49. The summed E-state index contributed by atoms with van der Waals surface area (Å²) in [5.74, 6) is 6.57. The highest BCUT2D eigenvalue weighted by molar-refractivity contribution is 5.82. The molecule has 3 heterocycles. The fraction of sp³-hybridized carbons (Fsp3) is 0.316. The second-order valence-corrected chi connectivity index (χ2v) is 6.39. The Labute approximate surface area is 165 Å². The lowest BCUT2D eigenvalue weighted by molar-refractivity contribution is -0.0511. The number of nitrogen functional groups attached to an aromatic ring is 1. The Morgan fingerprint density at radius 3 is 2.69 bits per heavy atom. The third-order valence-electron chi connectivity index (χ3n) is 4.49. The Kier molecular flexibility index (Phi) is 5.28. The minimum absolute atomic E-state index is 0.119. The molecule has 10 nitrogen and oxygen atoms in total. The Morgan fingerprint density at radius 1 is 1.17 bits per heavy atom. The van der Waals surface area contributed by atoms with Crippen molar-refractivity contribution in [2.24, 2.45) is 0 Å². The number of aromatic nitrogens is 4. The fourth-order valence-electron chi connectivity index (χ4n) is 3.04. The van der Waals surface area contributed by atoms with Gasteiger partial charge in [0.2, 0.25) is 5.82 Å². The van der Waals surface area contributed by atoms with Gasteiger partial charge < -0.3 is 30.5 Å². The van der Waals surface area contributed by atoms with E-state index in [1.807, 2.05) is 30.3 Å². The molecule has 4 atom stereocenters. The first kappa shape index (κ1) is 19.1. The summed E-state index contributed by atoms with van der Waals surface area (Å²) in [6.07, 6.45) is -3.03. The first-order valence-corrected chi connectivity index (χ1v) is 8.87. The number of aliphatic hydroxyl groups is 3. The number of hydrogen-bond donors (Lipinski definition) is 4. The molecular formula is C19H19N5O5. The number of para-hydroxylation sites is 1. The summed E-state index contributed by atoms with van der Waals surface area (Å²) in [4.78, 5) is 12.6. The average Bonchev–Trinajstić information content (AvgIpc) is 3.28. The quantitative estimate of drug-likeness (QED) is 0.425. The molecule has 1 saturated heterocycles. The van der Waals surface area contributed by atoms with Gasteiger partial charge in [0.05, 0.1) is 12.9 Å². The first-order chi connectivity index (χ1) is 14.1. The van der Waals surface area contributed by atoms with Crippen molar-refractivity contribution >= 4 is 17.0 Å². The standard InChI is InChI=1S/C19H19N5O5/c20-17-14-18(24(10-21-14)19-16(27)15(26)12(9-25)29-19)23-13(22-17)7-4-8-28-11-5-2-1-3-6-11/h1-3,5-6,10,12,15-16,19,25-27H,8-9H2,(H2,20,22,23)/t12-,15-,16-,19-/m1/s1. The van der Waals surface area contributed by atoms with E-state index in [0.29, 0.717) is 16.9 Å².